The number of nitrogens with zero attached hydrogens (tertiary/aromatic N) is 2. The van der Waals surface area contributed by atoms with Crippen molar-refractivity contribution in [1.29, 1.82) is 5.26 Å². The molecule has 1 aromatic rings. The summed E-state index contributed by atoms with van der Waals surface area (Å²) in [6, 6.07) is 2.96. The minimum atomic E-state index is -5.13. The van der Waals surface area contributed by atoms with E-state index in [0.717, 1.165) is 6.07 Å². The molecule has 0 bridgehead atoms. The van der Waals surface area contributed by atoms with E-state index in [0.29, 0.717) is 6.07 Å². The molecule has 1 heterocycles. The Bertz CT molecular complexity index is 423. The average Bonchev–Trinajstić information content (AvgIpc) is 2.14. The minimum Gasteiger partial charge on any atom is -0.387 e. The third kappa shape index (κ3) is 3.05. The number of nitriles is 1. The summed E-state index contributed by atoms with van der Waals surface area (Å²) in [6.07, 6.45) is -8.30. The molecule has 3 nitrogen and oxygen atoms in total. The third-order valence-electron chi connectivity index (χ3n) is 1.45. The van der Waals surface area contributed by atoms with Crippen molar-refractivity contribution in [2.45, 2.75) is 12.8 Å². The number of hydrogen-bond donors (Lipinski definition) is 0. The Labute approximate surface area is 86.1 Å². The maximum absolute atomic E-state index is 12.3. The largest absolute Gasteiger partial charge is 0.574 e. The van der Waals surface area contributed by atoms with Gasteiger partial charge in [-0.1, -0.05) is 0 Å². The monoisotopic (exact) mass is 238 g/mol. The molecule has 0 spiro atoms. The molecular weight excluding hydrogens is 235 g/mol. The topological polar surface area (TPSA) is 45.9 Å². The molecule has 1 aromatic heterocycles. The molecule has 16 heavy (non-hydrogen) atoms. The Hall–Kier alpha value is -1.91. The van der Waals surface area contributed by atoms with Crippen molar-refractivity contribution in [1.82, 2.24) is 4.98 Å². The van der Waals surface area contributed by atoms with Crippen LogP contribution >= 0.6 is 0 Å². The zero-order valence-corrected chi connectivity index (χ0v) is 7.42. The molecule has 0 N–H and O–H groups in total. The molecular formula is C8H3F5N2O. The summed E-state index contributed by atoms with van der Waals surface area (Å²) in [5.74, 6) is -1.30. The molecule has 0 aromatic carbocycles. The number of rotatable bonds is 2. The summed E-state index contributed by atoms with van der Waals surface area (Å²) in [4.78, 5) is 3.01. The molecule has 0 unspecified atom stereocenters. The summed E-state index contributed by atoms with van der Waals surface area (Å²) in [6.45, 7) is 0. The van der Waals surface area contributed by atoms with Gasteiger partial charge < -0.3 is 4.74 Å². The molecule has 8 heteroatoms. The van der Waals surface area contributed by atoms with E-state index >= 15 is 0 Å². The van der Waals surface area contributed by atoms with Gasteiger partial charge in [-0.2, -0.15) is 5.26 Å². The Morgan fingerprint density at radius 3 is 2.38 bits per heavy atom. The highest BCUT2D eigenvalue weighted by atomic mass is 19.4. The fraction of sp³-hybridized carbons (Fsp3) is 0.250. The van der Waals surface area contributed by atoms with Crippen molar-refractivity contribution in [3.05, 3.63) is 23.4 Å². The lowest BCUT2D eigenvalue weighted by atomic mass is 10.2. The number of ether oxygens (including phenoxy) is 1. The highest BCUT2D eigenvalue weighted by Gasteiger charge is 2.34. The molecule has 0 amide bonds. The standard InChI is InChI=1S/C8H3F5N2O/c9-6(10)5-2-1-4(3-14)15-7(5)16-8(11,12)13/h1-2,6H. The predicted molar refractivity (Wildman–Crippen MR) is 40.6 cm³/mol. The third-order valence-corrected chi connectivity index (χ3v) is 1.45. The summed E-state index contributed by atoms with van der Waals surface area (Å²) in [5, 5.41) is 8.35. The van der Waals surface area contributed by atoms with E-state index < -0.39 is 29.9 Å². The number of halogens is 5. The van der Waals surface area contributed by atoms with E-state index in [1.807, 2.05) is 0 Å². The van der Waals surface area contributed by atoms with Crippen LogP contribution in [0.15, 0.2) is 12.1 Å². The molecule has 1 rings (SSSR count). The van der Waals surface area contributed by atoms with Gasteiger partial charge in [0, 0.05) is 0 Å². The van der Waals surface area contributed by atoms with Crippen LogP contribution in [0.25, 0.3) is 0 Å². The zero-order valence-electron chi connectivity index (χ0n) is 7.42. The fourth-order valence-corrected chi connectivity index (χ4v) is 0.871. The summed E-state index contributed by atoms with van der Waals surface area (Å²) >= 11 is 0. The maximum Gasteiger partial charge on any atom is 0.574 e. The Balaban J connectivity index is 3.17. The van der Waals surface area contributed by atoms with Gasteiger partial charge in [-0.25, -0.2) is 13.8 Å². The molecule has 0 aliphatic rings. The van der Waals surface area contributed by atoms with Crippen molar-refractivity contribution < 1.29 is 26.7 Å². The van der Waals surface area contributed by atoms with Crippen molar-refractivity contribution in [3.63, 3.8) is 0 Å². The first-order valence-electron chi connectivity index (χ1n) is 3.78. The molecule has 0 saturated carbocycles. The normalized spacial score (nSPS) is 11.3. The second-order valence-corrected chi connectivity index (χ2v) is 2.55. The lowest BCUT2D eigenvalue weighted by Crippen LogP contribution is -2.19. The van der Waals surface area contributed by atoms with Gasteiger partial charge in [0.1, 0.15) is 11.8 Å². The quantitative estimate of drug-likeness (QED) is 0.744. The van der Waals surface area contributed by atoms with Crippen LogP contribution in [-0.2, 0) is 0 Å². The smallest absolute Gasteiger partial charge is 0.387 e. The molecule has 86 valence electrons. The lowest BCUT2D eigenvalue weighted by molar-refractivity contribution is -0.276. The average molecular weight is 238 g/mol. The molecule has 0 fully saturated rings. The molecule has 0 radical (unpaired) electrons. The first kappa shape index (κ1) is 12.2. The fourth-order valence-electron chi connectivity index (χ4n) is 0.871. The Kier molecular flexibility index (Phi) is 3.27. The van der Waals surface area contributed by atoms with Crippen LogP contribution in [0.5, 0.6) is 5.88 Å². The first-order valence-corrected chi connectivity index (χ1v) is 3.78. The summed E-state index contributed by atoms with van der Waals surface area (Å²) in [5.41, 5.74) is -1.46. The van der Waals surface area contributed by atoms with Crippen LogP contribution in [0.2, 0.25) is 0 Å². The number of hydrogen-bond acceptors (Lipinski definition) is 3. The van der Waals surface area contributed by atoms with Gasteiger partial charge in [-0.15, -0.1) is 13.2 Å². The van der Waals surface area contributed by atoms with Crippen LogP contribution in [0.4, 0.5) is 22.0 Å². The van der Waals surface area contributed by atoms with Crippen molar-refractivity contribution in [2.75, 3.05) is 0 Å². The SMILES string of the molecule is N#Cc1ccc(C(F)F)c(OC(F)(F)F)n1. The van der Waals surface area contributed by atoms with Crippen molar-refractivity contribution in [3.8, 4) is 11.9 Å². The number of pyridine rings is 1. The highest BCUT2D eigenvalue weighted by molar-refractivity contribution is 5.33. The van der Waals surface area contributed by atoms with Crippen LogP contribution < -0.4 is 4.74 Å². The van der Waals surface area contributed by atoms with Gasteiger partial charge >= 0.3 is 6.36 Å². The lowest BCUT2D eigenvalue weighted by Gasteiger charge is -2.11. The van der Waals surface area contributed by atoms with Crippen LogP contribution in [-0.4, -0.2) is 11.3 Å². The van der Waals surface area contributed by atoms with Crippen LogP contribution in [0, 0.1) is 11.3 Å². The van der Waals surface area contributed by atoms with Crippen molar-refractivity contribution in [2.24, 2.45) is 0 Å². The van der Waals surface area contributed by atoms with Crippen LogP contribution in [0.1, 0.15) is 17.7 Å². The highest BCUT2D eigenvalue weighted by Crippen LogP contribution is 2.31. The second-order valence-electron chi connectivity index (χ2n) is 2.55. The van der Waals surface area contributed by atoms with E-state index in [1.165, 1.54) is 6.07 Å². The maximum atomic E-state index is 12.3. The van der Waals surface area contributed by atoms with Gasteiger partial charge in [-0.3, -0.25) is 0 Å². The van der Waals surface area contributed by atoms with Crippen LogP contribution in [0.3, 0.4) is 0 Å². The van der Waals surface area contributed by atoms with E-state index in [1.54, 1.807) is 0 Å². The molecule has 0 aliphatic carbocycles. The summed E-state index contributed by atoms with van der Waals surface area (Å²) in [7, 11) is 0. The molecule has 0 atom stereocenters. The van der Waals surface area contributed by atoms with Gasteiger partial charge in [0.05, 0.1) is 5.56 Å². The van der Waals surface area contributed by atoms with E-state index in [-0.39, 0.29) is 0 Å². The first-order chi connectivity index (χ1) is 7.33. The summed E-state index contributed by atoms with van der Waals surface area (Å²) < 4.78 is 63.3. The molecule has 0 aliphatic heterocycles. The number of alkyl halides is 5. The van der Waals surface area contributed by atoms with E-state index in [9.17, 15) is 22.0 Å². The zero-order chi connectivity index (χ0) is 12.3. The van der Waals surface area contributed by atoms with Gasteiger partial charge in [0.25, 0.3) is 6.43 Å². The van der Waals surface area contributed by atoms with Gasteiger partial charge in [-0.05, 0) is 12.1 Å². The predicted octanol–water partition coefficient (Wildman–Crippen LogP) is 2.79. The minimum absolute atomic E-state index is 0.441. The van der Waals surface area contributed by atoms with E-state index in [4.69, 9.17) is 5.26 Å². The Morgan fingerprint density at radius 1 is 1.31 bits per heavy atom. The number of aromatic nitrogens is 1. The molecule has 0 saturated heterocycles. The second kappa shape index (κ2) is 4.30. The van der Waals surface area contributed by atoms with E-state index in [2.05, 4.69) is 9.72 Å². The van der Waals surface area contributed by atoms with Gasteiger partial charge in [0.15, 0.2) is 0 Å². The van der Waals surface area contributed by atoms with Crippen molar-refractivity contribution >= 4 is 0 Å². The Morgan fingerprint density at radius 2 is 1.94 bits per heavy atom. The van der Waals surface area contributed by atoms with Gasteiger partial charge in [0.2, 0.25) is 5.88 Å².